The van der Waals surface area contributed by atoms with Crippen molar-refractivity contribution in [1.82, 2.24) is 14.5 Å². The minimum Gasteiger partial charge on any atom is -0.497 e. The standard InChI is InChI=1S/C35H37F3N6O2S/c1-4-23(2)32(31(45)17-29-19-41-22-43(29)20-25-10-8-24(18-39)9-11-25)33(40)44(21-26-6-5-7-27(16-26)35(36,37)38)34(47)42-28-12-14-30(46-3)15-13-28/h5-16,19,22-23,32-33H,4,17,20-21,40H2,1-3H3,(H,42,47)/t23-,32+,33?/m0/s1. The average Bonchev–Trinajstić information content (AvgIpc) is 3.49. The Morgan fingerprint density at radius 3 is 2.45 bits per heavy atom. The maximum Gasteiger partial charge on any atom is 0.416 e. The quantitative estimate of drug-likeness (QED) is 0.119. The molecule has 4 rings (SSSR count). The molecule has 1 aromatic heterocycles. The van der Waals surface area contributed by atoms with Gasteiger partial charge in [-0.15, -0.1) is 0 Å². The molecule has 0 aliphatic carbocycles. The molecular formula is C35H37F3N6O2S. The van der Waals surface area contributed by atoms with Gasteiger partial charge in [-0.2, -0.15) is 18.4 Å². The van der Waals surface area contributed by atoms with Gasteiger partial charge in [0.05, 0.1) is 42.7 Å². The summed E-state index contributed by atoms with van der Waals surface area (Å²) in [4.78, 5) is 20.0. The van der Waals surface area contributed by atoms with Crippen molar-refractivity contribution >= 4 is 28.8 Å². The van der Waals surface area contributed by atoms with Crippen molar-refractivity contribution in [3.63, 3.8) is 0 Å². The van der Waals surface area contributed by atoms with E-state index >= 15 is 0 Å². The van der Waals surface area contributed by atoms with Crippen LogP contribution >= 0.6 is 12.2 Å². The zero-order valence-electron chi connectivity index (χ0n) is 26.4. The molecule has 1 unspecified atom stereocenters. The summed E-state index contributed by atoms with van der Waals surface area (Å²) in [6, 6.07) is 21.3. The normalized spacial score (nSPS) is 13.2. The molecule has 0 radical (unpaired) electrons. The maximum atomic E-state index is 14.1. The van der Waals surface area contributed by atoms with Crippen LogP contribution in [0.4, 0.5) is 18.9 Å². The second-order valence-electron chi connectivity index (χ2n) is 11.4. The Labute approximate surface area is 278 Å². The fourth-order valence-electron chi connectivity index (χ4n) is 5.33. The van der Waals surface area contributed by atoms with Crippen molar-refractivity contribution in [1.29, 1.82) is 5.26 Å². The molecule has 8 nitrogen and oxygen atoms in total. The number of nitrogens with two attached hydrogens (primary N) is 1. The number of hydrogen-bond donors (Lipinski definition) is 2. The number of hydrogen-bond acceptors (Lipinski definition) is 6. The van der Waals surface area contributed by atoms with Crippen LogP contribution in [0.1, 0.15) is 48.2 Å². The molecule has 0 aliphatic heterocycles. The maximum absolute atomic E-state index is 14.1. The van der Waals surface area contributed by atoms with Crippen LogP contribution in [0.5, 0.6) is 5.75 Å². The minimum atomic E-state index is -4.53. The van der Waals surface area contributed by atoms with E-state index in [4.69, 9.17) is 28.0 Å². The molecule has 4 aromatic rings. The van der Waals surface area contributed by atoms with E-state index in [1.54, 1.807) is 67.0 Å². The molecule has 0 bridgehead atoms. The van der Waals surface area contributed by atoms with Crippen molar-refractivity contribution in [2.75, 3.05) is 12.4 Å². The summed E-state index contributed by atoms with van der Waals surface area (Å²) >= 11 is 5.79. The third-order valence-electron chi connectivity index (χ3n) is 8.16. The monoisotopic (exact) mass is 662 g/mol. The highest BCUT2D eigenvalue weighted by molar-refractivity contribution is 7.80. The lowest BCUT2D eigenvalue weighted by atomic mass is 9.83. The lowest BCUT2D eigenvalue weighted by Crippen LogP contribution is -2.55. The summed E-state index contributed by atoms with van der Waals surface area (Å²) in [6.07, 6.45) is -1.55. The molecule has 0 saturated carbocycles. The third-order valence-corrected chi connectivity index (χ3v) is 8.49. The molecule has 1 heterocycles. The van der Waals surface area contributed by atoms with E-state index in [1.165, 1.54) is 6.07 Å². The van der Waals surface area contributed by atoms with Gasteiger partial charge in [0.2, 0.25) is 0 Å². The zero-order valence-corrected chi connectivity index (χ0v) is 27.2. The van der Waals surface area contributed by atoms with Gasteiger partial charge in [0.1, 0.15) is 11.5 Å². The van der Waals surface area contributed by atoms with Crippen molar-refractivity contribution in [2.24, 2.45) is 17.6 Å². The first-order valence-electron chi connectivity index (χ1n) is 15.1. The number of Topliss-reactive ketones (excluding diaryl/α,β-unsaturated/α-hetero) is 1. The second-order valence-corrected chi connectivity index (χ2v) is 11.7. The largest absolute Gasteiger partial charge is 0.497 e. The van der Waals surface area contributed by atoms with E-state index in [0.717, 1.165) is 17.7 Å². The number of aromatic nitrogens is 2. The summed E-state index contributed by atoms with van der Waals surface area (Å²) in [5, 5.41) is 12.4. The number of nitrogens with zero attached hydrogens (tertiary/aromatic N) is 4. The van der Waals surface area contributed by atoms with E-state index in [9.17, 15) is 18.0 Å². The first-order valence-corrected chi connectivity index (χ1v) is 15.5. The number of methoxy groups -OCH3 is 1. The number of anilines is 1. The molecule has 246 valence electrons. The van der Waals surface area contributed by atoms with Gasteiger partial charge >= 0.3 is 6.18 Å². The Kier molecular flexibility index (Phi) is 11.7. The fourth-order valence-corrected chi connectivity index (χ4v) is 5.64. The number of benzene rings is 3. The number of halogens is 3. The van der Waals surface area contributed by atoms with Gasteiger partial charge in [-0.3, -0.25) is 4.79 Å². The summed E-state index contributed by atoms with van der Waals surface area (Å²) in [5.74, 6) is -0.408. The highest BCUT2D eigenvalue weighted by Crippen LogP contribution is 2.31. The van der Waals surface area contributed by atoms with Crippen LogP contribution in [0.15, 0.2) is 85.3 Å². The predicted octanol–water partition coefficient (Wildman–Crippen LogP) is 6.79. The van der Waals surface area contributed by atoms with Crippen LogP contribution in [-0.2, 0) is 30.5 Å². The minimum absolute atomic E-state index is 0.0368. The van der Waals surface area contributed by atoms with E-state index in [0.29, 0.717) is 41.2 Å². The highest BCUT2D eigenvalue weighted by atomic mass is 32.1. The van der Waals surface area contributed by atoms with Crippen LogP contribution in [0, 0.1) is 23.2 Å². The van der Waals surface area contributed by atoms with Crippen LogP contribution in [-0.4, -0.2) is 38.6 Å². The van der Waals surface area contributed by atoms with Gasteiger partial charge in [-0.1, -0.05) is 44.5 Å². The molecule has 3 atom stereocenters. The van der Waals surface area contributed by atoms with E-state index < -0.39 is 23.8 Å². The topological polar surface area (TPSA) is 109 Å². The average molecular weight is 663 g/mol. The van der Waals surface area contributed by atoms with Crippen LogP contribution < -0.4 is 15.8 Å². The lowest BCUT2D eigenvalue weighted by Gasteiger charge is -2.38. The van der Waals surface area contributed by atoms with Gasteiger partial charge < -0.3 is 25.3 Å². The molecule has 12 heteroatoms. The molecule has 3 aromatic carbocycles. The molecule has 0 saturated heterocycles. The number of nitrogens with one attached hydrogen (secondary N) is 1. The number of rotatable bonds is 13. The first kappa shape index (κ1) is 35.1. The Hall–Kier alpha value is -4.73. The van der Waals surface area contributed by atoms with E-state index in [2.05, 4.69) is 16.4 Å². The number of ether oxygens (including phenoxy) is 1. The van der Waals surface area contributed by atoms with Crippen molar-refractivity contribution in [3.05, 3.63) is 113 Å². The van der Waals surface area contributed by atoms with Crippen LogP contribution in [0.3, 0.4) is 0 Å². The SMILES string of the molecule is CC[C@H](C)[C@H](C(=O)Cc1cncn1Cc1ccc(C#N)cc1)C(N)N(Cc1cccc(C(F)(F)F)c1)C(=S)Nc1ccc(OC)cc1. The van der Waals surface area contributed by atoms with Gasteiger partial charge in [0.25, 0.3) is 0 Å². The summed E-state index contributed by atoms with van der Waals surface area (Å²) in [7, 11) is 1.55. The van der Waals surface area contributed by atoms with Gasteiger partial charge in [0.15, 0.2) is 5.11 Å². The Bertz CT molecular complexity index is 1700. The van der Waals surface area contributed by atoms with Gasteiger partial charge in [-0.05, 0) is 77.8 Å². The highest BCUT2D eigenvalue weighted by Gasteiger charge is 2.36. The summed E-state index contributed by atoms with van der Waals surface area (Å²) in [6.45, 7) is 4.27. The van der Waals surface area contributed by atoms with Crippen LogP contribution in [0.2, 0.25) is 0 Å². The molecule has 3 N–H and O–H groups in total. The van der Waals surface area contributed by atoms with Crippen molar-refractivity contribution in [2.45, 2.75) is 52.1 Å². The second kappa shape index (κ2) is 15.7. The molecule has 0 aliphatic rings. The summed E-state index contributed by atoms with van der Waals surface area (Å²) in [5.41, 5.74) is 9.26. The fraction of sp³-hybridized carbons (Fsp3) is 0.314. The van der Waals surface area contributed by atoms with Crippen LogP contribution in [0.25, 0.3) is 0 Å². The zero-order chi connectivity index (χ0) is 34.1. The van der Waals surface area contributed by atoms with Gasteiger partial charge in [-0.25, -0.2) is 4.98 Å². The third kappa shape index (κ3) is 9.18. The number of carbonyl (C=O) groups excluding carboxylic acids is 1. The van der Waals surface area contributed by atoms with Gasteiger partial charge in [0, 0.05) is 37.1 Å². The number of alkyl halides is 3. The van der Waals surface area contributed by atoms with E-state index in [-0.39, 0.29) is 29.8 Å². The number of carbonyl (C=O) groups is 1. The molecule has 0 fully saturated rings. The predicted molar refractivity (Wildman–Crippen MR) is 178 cm³/mol. The molecule has 47 heavy (non-hydrogen) atoms. The van der Waals surface area contributed by atoms with Crippen molar-refractivity contribution in [3.8, 4) is 11.8 Å². The summed E-state index contributed by atoms with van der Waals surface area (Å²) < 4.78 is 47.9. The number of nitriles is 1. The number of imidazole rings is 1. The number of ketones is 1. The number of thiocarbonyl (C=S) groups is 1. The molecular weight excluding hydrogens is 625 g/mol. The molecule has 0 spiro atoms. The Balaban J connectivity index is 1.63. The Morgan fingerprint density at radius 2 is 1.83 bits per heavy atom. The molecule has 0 amide bonds. The smallest absolute Gasteiger partial charge is 0.416 e. The Morgan fingerprint density at radius 1 is 1.13 bits per heavy atom. The van der Waals surface area contributed by atoms with Crippen molar-refractivity contribution < 1.29 is 22.7 Å². The lowest BCUT2D eigenvalue weighted by molar-refractivity contribution is -0.137. The van der Waals surface area contributed by atoms with E-state index in [1.807, 2.05) is 30.5 Å². The first-order chi connectivity index (χ1) is 22.4.